The maximum atomic E-state index is 12.2. The van der Waals surface area contributed by atoms with E-state index in [-0.39, 0.29) is 5.91 Å². The fraction of sp³-hybridized carbons (Fsp3) is 0.533. The number of ether oxygens (including phenoxy) is 1. The number of aliphatic hydroxyl groups is 2. The summed E-state index contributed by atoms with van der Waals surface area (Å²) in [5.41, 5.74) is -0.208. The molecule has 2 fully saturated rings. The Morgan fingerprint density at radius 3 is 2.75 bits per heavy atom. The van der Waals surface area contributed by atoms with Gasteiger partial charge in [0.2, 0.25) is 0 Å². The lowest BCUT2D eigenvalue weighted by Crippen LogP contribution is -2.65. The summed E-state index contributed by atoms with van der Waals surface area (Å²) in [5.74, 6) is 0.580. The Balaban J connectivity index is 1.65. The first-order valence-electron chi connectivity index (χ1n) is 6.87. The van der Waals surface area contributed by atoms with Crippen LogP contribution < -0.4 is 4.74 Å². The average molecular weight is 277 g/mol. The number of carbonyl (C=O) groups excluding carboxylic acids is 1. The van der Waals surface area contributed by atoms with Gasteiger partial charge in [0.25, 0.3) is 5.91 Å². The first-order valence-corrected chi connectivity index (χ1v) is 6.87. The van der Waals surface area contributed by atoms with E-state index >= 15 is 0 Å². The maximum absolute atomic E-state index is 12.2. The van der Waals surface area contributed by atoms with Crippen LogP contribution in [0, 0.1) is 5.92 Å². The largest absolute Gasteiger partial charge is 0.497 e. The zero-order chi connectivity index (χ0) is 14.3. The van der Waals surface area contributed by atoms with E-state index in [1.54, 1.807) is 31.4 Å². The minimum atomic E-state index is -1.20. The minimum Gasteiger partial charge on any atom is -0.497 e. The number of nitrogens with zero attached hydrogens (tertiary/aromatic N) is 1. The normalized spacial score (nSPS) is 22.1. The van der Waals surface area contributed by atoms with Crippen LogP contribution in [0.15, 0.2) is 24.3 Å². The number of carbonyl (C=O) groups is 1. The predicted octanol–water partition coefficient (Wildman–Crippen LogP) is 0.712. The highest BCUT2D eigenvalue weighted by Gasteiger charge is 2.53. The van der Waals surface area contributed by atoms with Crippen molar-refractivity contribution in [1.82, 2.24) is 4.90 Å². The van der Waals surface area contributed by atoms with Gasteiger partial charge in [-0.25, -0.2) is 0 Å². The number of aliphatic hydroxyl groups excluding tert-OH is 1. The van der Waals surface area contributed by atoms with Gasteiger partial charge in [-0.15, -0.1) is 0 Å². The second-order valence-electron chi connectivity index (χ2n) is 5.75. The summed E-state index contributed by atoms with van der Waals surface area (Å²) >= 11 is 0. The molecular formula is C15H19NO4. The van der Waals surface area contributed by atoms with E-state index < -0.39 is 11.7 Å². The Morgan fingerprint density at radius 1 is 1.45 bits per heavy atom. The quantitative estimate of drug-likeness (QED) is 0.850. The molecule has 1 aliphatic carbocycles. The van der Waals surface area contributed by atoms with Crippen LogP contribution in [-0.2, 0) is 4.79 Å². The highest BCUT2D eigenvalue weighted by atomic mass is 16.5. The summed E-state index contributed by atoms with van der Waals surface area (Å²) in [4.78, 5) is 13.7. The summed E-state index contributed by atoms with van der Waals surface area (Å²) in [6.07, 6.45) is 0.877. The summed E-state index contributed by atoms with van der Waals surface area (Å²) in [5, 5.41) is 20.3. The van der Waals surface area contributed by atoms with E-state index in [4.69, 9.17) is 4.74 Å². The zero-order valence-electron chi connectivity index (χ0n) is 11.5. The number of likely N-dealkylation sites (tertiary alicyclic amines) is 1. The number of β-amino-alcohol motifs (C(OH)–C–C–N with tert-alkyl or cyclic N) is 1. The highest BCUT2D eigenvalue weighted by Crippen LogP contribution is 2.45. The molecule has 1 aliphatic heterocycles. The fourth-order valence-corrected chi connectivity index (χ4v) is 2.78. The Kier molecular flexibility index (Phi) is 3.18. The molecule has 1 saturated heterocycles. The molecule has 5 nitrogen and oxygen atoms in total. The van der Waals surface area contributed by atoms with Crippen molar-refractivity contribution in [2.45, 2.75) is 24.5 Å². The topological polar surface area (TPSA) is 70.0 Å². The first kappa shape index (κ1) is 13.4. The molecule has 3 rings (SSSR count). The number of hydrogen-bond donors (Lipinski definition) is 2. The van der Waals surface area contributed by atoms with Gasteiger partial charge in [0, 0.05) is 0 Å². The molecule has 2 aliphatic rings. The molecule has 1 atom stereocenters. The molecule has 0 spiro atoms. The smallest absolute Gasteiger partial charge is 0.256 e. The SMILES string of the molecule is COc1cccc(C(O)C(=O)N2CC(O)(C3CC3)C2)c1. The lowest BCUT2D eigenvalue weighted by Gasteiger charge is -2.47. The van der Waals surface area contributed by atoms with Crippen molar-refractivity contribution in [2.75, 3.05) is 20.2 Å². The van der Waals surface area contributed by atoms with Crippen LogP contribution in [0.25, 0.3) is 0 Å². The van der Waals surface area contributed by atoms with Gasteiger partial charge in [0.05, 0.1) is 20.2 Å². The van der Waals surface area contributed by atoms with Crippen molar-refractivity contribution < 1.29 is 19.7 Å². The standard InChI is InChI=1S/C15H19NO4/c1-20-12-4-2-3-10(7-12)13(17)14(18)16-8-15(19,9-16)11-5-6-11/h2-4,7,11,13,17,19H,5-6,8-9H2,1H3. The predicted molar refractivity (Wildman–Crippen MR) is 72.2 cm³/mol. The summed E-state index contributed by atoms with van der Waals surface area (Å²) in [7, 11) is 1.54. The molecule has 1 unspecified atom stereocenters. The van der Waals surface area contributed by atoms with Crippen molar-refractivity contribution in [3.05, 3.63) is 29.8 Å². The Labute approximate surface area is 117 Å². The number of methoxy groups -OCH3 is 1. The van der Waals surface area contributed by atoms with E-state index in [2.05, 4.69) is 0 Å². The van der Waals surface area contributed by atoms with Gasteiger partial charge in [-0.1, -0.05) is 12.1 Å². The molecule has 2 N–H and O–H groups in total. The Morgan fingerprint density at radius 2 is 2.15 bits per heavy atom. The summed E-state index contributed by atoms with van der Waals surface area (Å²) in [6.45, 7) is 0.662. The molecule has 1 amide bonds. The number of hydrogen-bond acceptors (Lipinski definition) is 4. The molecule has 1 aromatic rings. The Bertz CT molecular complexity index is 520. The van der Waals surface area contributed by atoms with Crippen LogP contribution in [-0.4, -0.2) is 46.8 Å². The Hall–Kier alpha value is -1.59. The lowest BCUT2D eigenvalue weighted by atomic mass is 9.88. The second-order valence-corrected chi connectivity index (χ2v) is 5.75. The molecule has 0 aromatic heterocycles. The van der Waals surface area contributed by atoms with Crippen LogP contribution in [0.3, 0.4) is 0 Å². The van der Waals surface area contributed by atoms with Crippen LogP contribution in [0.2, 0.25) is 0 Å². The average Bonchev–Trinajstić information content (AvgIpc) is 3.27. The van der Waals surface area contributed by atoms with E-state index in [0.717, 1.165) is 12.8 Å². The molecule has 5 heteroatoms. The fourth-order valence-electron chi connectivity index (χ4n) is 2.78. The minimum absolute atomic E-state index is 0.331. The van der Waals surface area contributed by atoms with Gasteiger partial charge >= 0.3 is 0 Å². The van der Waals surface area contributed by atoms with E-state index in [0.29, 0.717) is 30.3 Å². The van der Waals surface area contributed by atoms with Crippen molar-refractivity contribution in [3.8, 4) is 5.75 Å². The van der Waals surface area contributed by atoms with E-state index in [1.807, 2.05) is 0 Å². The van der Waals surface area contributed by atoms with Gasteiger partial charge in [-0.05, 0) is 36.5 Å². The van der Waals surface area contributed by atoms with Crippen molar-refractivity contribution >= 4 is 5.91 Å². The van der Waals surface area contributed by atoms with Gasteiger partial charge in [-0.2, -0.15) is 0 Å². The molecule has 0 bridgehead atoms. The third-order valence-electron chi connectivity index (χ3n) is 4.22. The van der Waals surface area contributed by atoms with Crippen LogP contribution >= 0.6 is 0 Å². The number of amides is 1. The van der Waals surface area contributed by atoms with Crippen molar-refractivity contribution in [2.24, 2.45) is 5.92 Å². The summed E-state index contributed by atoms with van der Waals surface area (Å²) < 4.78 is 5.08. The monoisotopic (exact) mass is 277 g/mol. The van der Waals surface area contributed by atoms with E-state index in [9.17, 15) is 15.0 Å². The molecule has 108 valence electrons. The number of benzene rings is 1. The van der Waals surface area contributed by atoms with Crippen LogP contribution in [0.5, 0.6) is 5.75 Å². The van der Waals surface area contributed by atoms with Crippen molar-refractivity contribution in [1.29, 1.82) is 0 Å². The van der Waals surface area contributed by atoms with Gasteiger partial charge < -0.3 is 19.8 Å². The molecule has 1 saturated carbocycles. The molecule has 1 heterocycles. The van der Waals surface area contributed by atoms with Crippen molar-refractivity contribution in [3.63, 3.8) is 0 Å². The van der Waals surface area contributed by atoms with Gasteiger partial charge in [0.1, 0.15) is 11.4 Å². The maximum Gasteiger partial charge on any atom is 0.256 e. The second kappa shape index (κ2) is 4.75. The third kappa shape index (κ3) is 2.27. The molecule has 0 radical (unpaired) electrons. The molecular weight excluding hydrogens is 258 g/mol. The van der Waals surface area contributed by atoms with E-state index in [1.165, 1.54) is 4.90 Å². The number of rotatable bonds is 4. The van der Waals surface area contributed by atoms with Crippen LogP contribution in [0.4, 0.5) is 0 Å². The third-order valence-corrected chi connectivity index (χ3v) is 4.22. The van der Waals surface area contributed by atoms with Gasteiger partial charge in [-0.3, -0.25) is 4.79 Å². The molecule has 20 heavy (non-hydrogen) atoms. The van der Waals surface area contributed by atoms with Crippen LogP contribution in [0.1, 0.15) is 24.5 Å². The summed E-state index contributed by atoms with van der Waals surface area (Å²) in [6, 6.07) is 6.84. The first-order chi connectivity index (χ1) is 9.53. The highest BCUT2D eigenvalue weighted by molar-refractivity contribution is 5.83. The lowest BCUT2D eigenvalue weighted by molar-refractivity contribution is -0.167. The molecule has 1 aromatic carbocycles. The zero-order valence-corrected chi connectivity index (χ0v) is 11.5. The van der Waals surface area contributed by atoms with Gasteiger partial charge in [0.15, 0.2) is 6.10 Å².